The molecule has 1 aromatic carbocycles. The molecule has 0 amide bonds. The highest BCUT2D eigenvalue weighted by Crippen LogP contribution is 2.27. The summed E-state index contributed by atoms with van der Waals surface area (Å²) < 4.78 is 16.8. The van der Waals surface area contributed by atoms with Crippen molar-refractivity contribution in [2.45, 2.75) is 51.8 Å². The fraction of sp³-hybridized carbons (Fsp3) is 0.500. The maximum Gasteiger partial charge on any atom is 0.213 e. The van der Waals surface area contributed by atoms with E-state index in [9.17, 15) is 0 Å². The Morgan fingerprint density at radius 3 is 2.56 bits per heavy atom. The lowest BCUT2D eigenvalue weighted by Gasteiger charge is -2.18. The standard InChI is InChI=1S/C24H34N4O3.HI/c1-18-8-10-20(22(14-18)31-21-6-4-5-7-21)17-28-24(25-2)27-16-19-9-11-23(26-15-19)30-13-12-29-3;/h8-11,14-15,21H,4-7,12-13,16-17H2,1-3H3,(H2,25,27,28);1H. The Hall–Kier alpha value is -2.07. The third-order valence-corrected chi connectivity index (χ3v) is 5.28. The van der Waals surface area contributed by atoms with E-state index in [1.165, 1.54) is 18.4 Å². The van der Waals surface area contributed by atoms with Crippen molar-refractivity contribution in [3.8, 4) is 11.6 Å². The van der Waals surface area contributed by atoms with Crippen LogP contribution in [0, 0.1) is 6.92 Å². The molecule has 0 aliphatic heterocycles. The number of hydrogen-bond acceptors (Lipinski definition) is 5. The SMILES string of the molecule is CN=C(NCc1ccc(OCCOC)nc1)NCc1ccc(C)cc1OC1CCCC1.I. The van der Waals surface area contributed by atoms with E-state index in [2.05, 4.69) is 45.7 Å². The quantitative estimate of drug-likeness (QED) is 0.198. The Kier molecular flexibility index (Phi) is 11.6. The highest BCUT2D eigenvalue weighted by molar-refractivity contribution is 14.0. The number of benzene rings is 1. The second kappa shape index (κ2) is 14.2. The number of ether oxygens (including phenoxy) is 3. The van der Waals surface area contributed by atoms with Gasteiger partial charge in [-0.3, -0.25) is 4.99 Å². The van der Waals surface area contributed by atoms with Gasteiger partial charge in [0.05, 0.1) is 12.7 Å². The van der Waals surface area contributed by atoms with Crippen LogP contribution in [0.4, 0.5) is 0 Å². The third kappa shape index (κ3) is 8.46. The number of hydrogen-bond donors (Lipinski definition) is 2. The molecule has 2 aromatic rings. The van der Waals surface area contributed by atoms with Gasteiger partial charge < -0.3 is 24.8 Å². The van der Waals surface area contributed by atoms with Crippen LogP contribution in [-0.4, -0.2) is 44.4 Å². The zero-order chi connectivity index (χ0) is 21.9. The van der Waals surface area contributed by atoms with E-state index in [0.717, 1.165) is 35.7 Å². The van der Waals surface area contributed by atoms with Crippen LogP contribution in [0.15, 0.2) is 41.5 Å². The Morgan fingerprint density at radius 1 is 1.09 bits per heavy atom. The Balaban J connectivity index is 0.00000363. The minimum Gasteiger partial charge on any atom is -0.490 e. The summed E-state index contributed by atoms with van der Waals surface area (Å²) in [6, 6.07) is 10.2. The normalized spacial score (nSPS) is 14.0. The molecule has 8 heteroatoms. The fourth-order valence-corrected chi connectivity index (χ4v) is 3.52. The highest BCUT2D eigenvalue weighted by Gasteiger charge is 2.18. The molecular weight excluding hydrogens is 519 g/mol. The van der Waals surface area contributed by atoms with Crippen molar-refractivity contribution in [2.24, 2.45) is 4.99 Å². The van der Waals surface area contributed by atoms with E-state index in [0.29, 0.717) is 38.3 Å². The summed E-state index contributed by atoms with van der Waals surface area (Å²) in [5.74, 6) is 2.30. The first kappa shape index (κ1) is 26.2. The van der Waals surface area contributed by atoms with Gasteiger partial charge in [0.1, 0.15) is 12.4 Å². The number of halogens is 1. The predicted molar refractivity (Wildman–Crippen MR) is 138 cm³/mol. The average Bonchev–Trinajstić information content (AvgIpc) is 3.29. The molecule has 1 aromatic heterocycles. The van der Waals surface area contributed by atoms with Gasteiger partial charge in [0.25, 0.3) is 0 Å². The molecule has 0 spiro atoms. The Morgan fingerprint density at radius 2 is 1.88 bits per heavy atom. The number of nitrogens with zero attached hydrogens (tertiary/aromatic N) is 2. The van der Waals surface area contributed by atoms with Gasteiger partial charge in [-0.25, -0.2) is 4.98 Å². The second-order valence-corrected chi connectivity index (χ2v) is 7.76. The van der Waals surface area contributed by atoms with Gasteiger partial charge in [-0.05, 0) is 49.8 Å². The molecule has 3 rings (SSSR count). The first-order chi connectivity index (χ1) is 15.2. The Labute approximate surface area is 208 Å². The minimum absolute atomic E-state index is 0. The van der Waals surface area contributed by atoms with Gasteiger partial charge in [0.15, 0.2) is 5.96 Å². The van der Waals surface area contributed by atoms with Crippen LogP contribution >= 0.6 is 24.0 Å². The number of rotatable bonds is 10. The van der Waals surface area contributed by atoms with Crippen LogP contribution in [0.25, 0.3) is 0 Å². The maximum atomic E-state index is 6.30. The molecular formula is C24H35IN4O3. The number of methoxy groups -OCH3 is 1. The molecule has 0 unspecified atom stereocenters. The molecule has 176 valence electrons. The average molecular weight is 554 g/mol. The van der Waals surface area contributed by atoms with Crippen molar-refractivity contribution in [1.29, 1.82) is 0 Å². The van der Waals surface area contributed by atoms with Gasteiger partial charge in [-0.2, -0.15) is 0 Å². The van der Waals surface area contributed by atoms with E-state index in [1.807, 2.05) is 12.1 Å². The molecule has 1 aliphatic rings. The monoisotopic (exact) mass is 554 g/mol. The maximum absolute atomic E-state index is 6.30. The number of guanidine groups is 1. The Bertz CT molecular complexity index is 840. The van der Waals surface area contributed by atoms with E-state index in [4.69, 9.17) is 14.2 Å². The van der Waals surface area contributed by atoms with Gasteiger partial charge in [0.2, 0.25) is 5.88 Å². The van der Waals surface area contributed by atoms with E-state index < -0.39 is 0 Å². The molecule has 1 aliphatic carbocycles. The lowest BCUT2D eigenvalue weighted by atomic mass is 10.1. The number of aryl methyl sites for hydroxylation is 1. The zero-order valence-corrected chi connectivity index (χ0v) is 21.6. The number of aromatic nitrogens is 1. The summed E-state index contributed by atoms with van der Waals surface area (Å²) >= 11 is 0. The van der Waals surface area contributed by atoms with Crippen molar-refractivity contribution in [1.82, 2.24) is 15.6 Å². The topological polar surface area (TPSA) is 77.0 Å². The second-order valence-electron chi connectivity index (χ2n) is 7.76. The van der Waals surface area contributed by atoms with Crippen molar-refractivity contribution in [3.63, 3.8) is 0 Å². The van der Waals surface area contributed by atoms with Crippen molar-refractivity contribution in [2.75, 3.05) is 27.4 Å². The van der Waals surface area contributed by atoms with Crippen LogP contribution in [0.5, 0.6) is 11.6 Å². The molecule has 32 heavy (non-hydrogen) atoms. The summed E-state index contributed by atoms with van der Waals surface area (Å²) in [6.45, 7) is 4.39. The summed E-state index contributed by atoms with van der Waals surface area (Å²) in [4.78, 5) is 8.65. The number of aliphatic imine (C=N–C) groups is 1. The first-order valence-corrected chi connectivity index (χ1v) is 11.0. The van der Waals surface area contributed by atoms with Crippen molar-refractivity contribution in [3.05, 3.63) is 53.2 Å². The molecule has 0 radical (unpaired) electrons. The number of nitrogens with one attached hydrogen (secondary N) is 2. The highest BCUT2D eigenvalue weighted by atomic mass is 127. The summed E-state index contributed by atoms with van der Waals surface area (Å²) in [7, 11) is 3.42. The van der Waals surface area contributed by atoms with E-state index in [-0.39, 0.29) is 24.0 Å². The molecule has 0 atom stereocenters. The van der Waals surface area contributed by atoms with Crippen LogP contribution in [0.2, 0.25) is 0 Å². The molecule has 1 heterocycles. The lowest BCUT2D eigenvalue weighted by Crippen LogP contribution is -2.36. The summed E-state index contributed by atoms with van der Waals surface area (Å²) in [6.07, 6.45) is 6.95. The van der Waals surface area contributed by atoms with E-state index in [1.54, 1.807) is 20.4 Å². The van der Waals surface area contributed by atoms with Gasteiger partial charge >= 0.3 is 0 Å². The largest absolute Gasteiger partial charge is 0.490 e. The van der Waals surface area contributed by atoms with Crippen LogP contribution in [-0.2, 0) is 17.8 Å². The molecule has 1 fully saturated rings. The fourth-order valence-electron chi connectivity index (χ4n) is 3.52. The molecule has 0 saturated heterocycles. The van der Waals surface area contributed by atoms with Crippen molar-refractivity contribution >= 4 is 29.9 Å². The van der Waals surface area contributed by atoms with Crippen molar-refractivity contribution < 1.29 is 14.2 Å². The van der Waals surface area contributed by atoms with Crippen LogP contribution in [0.1, 0.15) is 42.4 Å². The number of pyridine rings is 1. The summed E-state index contributed by atoms with van der Waals surface area (Å²) in [5.41, 5.74) is 3.39. The molecule has 1 saturated carbocycles. The summed E-state index contributed by atoms with van der Waals surface area (Å²) in [5, 5.41) is 6.72. The minimum atomic E-state index is 0. The predicted octanol–water partition coefficient (Wildman–Crippen LogP) is 4.22. The smallest absolute Gasteiger partial charge is 0.213 e. The first-order valence-electron chi connectivity index (χ1n) is 11.0. The van der Waals surface area contributed by atoms with Gasteiger partial charge in [-0.1, -0.05) is 18.2 Å². The lowest BCUT2D eigenvalue weighted by molar-refractivity contribution is 0.143. The van der Waals surface area contributed by atoms with Gasteiger partial charge in [-0.15, -0.1) is 24.0 Å². The van der Waals surface area contributed by atoms with Crippen LogP contribution < -0.4 is 20.1 Å². The molecule has 7 nitrogen and oxygen atoms in total. The molecule has 2 N–H and O–H groups in total. The van der Waals surface area contributed by atoms with Crippen LogP contribution in [0.3, 0.4) is 0 Å². The zero-order valence-electron chi connectivity index (χ0n) is 19.2. The van der Waals surface area contributed by atoms with Gasteiger partial charge in [0, 0.05) is 45.1 Å². The van der Waals surface area contributed by atoms with E-state index >= 15 is 0 Å². The molecule has 0 bridgehead atoms. The third-order valence-electron chi connectivity index (χ3n) is 5.28.